The van der Waals surface area contributed by atoms with Gasteiger partial charge in [-0.05, 0) is 18.4 Å². The average molecular weight is 389 g/mol. The molecule has 0 amide bonds. The molecule has 0 aliphatic heterocycles. The summed E-state index contributed by atoms with van der Waals surface area (Å²) in [6.07, 6.45) is 13.2. The summed E-state index contributed by atoms with van der Waals surface area (Å²) in [5, 5.41) is 0. The highest BCUT2D eigenvalue weighted by atomic mass is 16.1. The molecule has 1 aromatic rings. The predicted octanol–water partition coefficient (Wildman–Crippen LogP) is 9.36. The van der Waals surface area contributed by atoms with E-state index in [1.54, 1.807) is 0 Å². The maximum Gasteiger partial charge on any atom is 0.162 e. The number of hydrogen-bond donors (Lipinski definition) is 0. The first-order valence-electron chi connectivity index (χ1n) is 11.5. The molecule has 0 heterocycles. The van der Waals surface area contributed by atoms with E-state index in [0.717, 1.165) is 18.4 Å². The van der Waals surface area contributed by atoms with Gasteiger partial charge >= 0.3 is 0 Å². The van der Waals surface area contributed by atoms with Gasteiger partial charge in [0.15, 0.2) is 5.78 Å². The van der Waals surface area contributed by atoms with Gasteiger partial charge in [-0.1, -0.05) is 130 Å². The SMILES string of the molecule is C=C=C.CC.CCCCC.CCCCCCCCC(=O)c1ccc(CC)cc1. The van der Waals surface area contributed by atoms with Crippen molar-refractivity contribution >= 4 is 5.78 Å². The molecule has 0 saturated heterocycles. The molecule has 0 atom stereocenters. The zero-order valence-corrected chi connectivity index (χ0v) is 19.9. The quantitative estimate of drug-likeness (QED) is 0.209. The molecular formula is C27H48O. The Labute approximate surface area is 177 Å². The fourth-order valence-corrected chi connectivity index (χ4v) is 2.49. The Morgan fingerprint density at radius 3 is 1.57 bits per heavy atom. The fraction of sp³-hybridized carbons (Fsp3) is 0.630. The molecule has 28 heavy (non-hydrogen) atoms. The molecule has 1 nitrogen and oxygen atoms in total. The summed E-state index contributed by atoms with van der Waals surface area (Å²) in [4.78, 5) is 11.9. The van der Waals surface area contributed by atoms with Gasteiger partial charge in [0.25, 0.3) is 0 Å². The minimum absolute atomic E-state index is 0.299. The lowest BCUT2D eigenvalue weighted by Crippen LogP contribution is -1.99. The van der Waals surface area contributed by atoms with Gasteiger partial charge in [-0.3, -0.25) is 4.79 Å². The van der Waals surface area contributed by atoms with Gasteiger partial charge in [0.05, 0.1) is 0 Å². The molecule has 1 aromatic carbocycles. The molecule has 1 heteroatoms. The molecule has 0 radical (unpaired) electrons. The van der Waals surface area contributed by atoms with E-state index in [-0.39, 0.29) is 0 Å². The molecule has 0 bridgehead atoms. The second-order valence-corrected chi connectivity index (χ2v) is 6.59. The summed E-state index contributed by atoms with van der Waals surface area (Å²) in [5.41, 5.74) is 4.42. The van der Waals surface area contributed by atoms with Crippen molar-refractivity contribution in [3.05, 3.63) is 54.3 Å². The molecule has 0 fully saturated rings. The standard InChI is InChI=1S/C17H26O.C5H12.C3H4.C2H6/c1-3-5-6-7-8-9-10-17(18)16-13-11-15(4-2)12-14-16;1-3-5-4-2;1-3-2;1-2/h11-14H,3-10H2,1-2H3;3-5H2,1-2H3;1-2H2;1-2H3. The van der Waals surface area contributed by atoms with Gasteiger partial charge in [-0.25, -0.2) is 0 Å². The van der Waals surface area contributed by atoms with Crippen LogP contribution >= 0.6 is 0 Å². The smallest absolute Gasteiger partial charge is 0.162 e. The topological polar surface area (TPSA) is 17.1 Å². The maximum atomic E-state index is 11.9. The van der Waals surface area contributed by atoms with Crippen molar-refractivity contribution in [1.82, 2.24) is 0 Å². The zero-order valence-electron chi connectivity index (χ0n) is 19.9. The summed E-state index contributed by atoms with van der Waals surface area (Å²) < 4.78 is 0. The minimum Gasteiger partial charge on any atom is -0.294 e. The van der Waals surface area contributed by atoms with Crippen LogP contribution in [-0.4, -0.2) is 5.78 Å². The lowest BCUT2D eigenvalue weighted by molar-refractivity contribution is 0.0979. The highest BCUT2D eigenvalue weighted by Crippen LogP contribution is 2.12. The van der Waals surface area contributed by atoms with E-state index in [0.29, 0.717) is 12.2 Å². The number of ketones is 1. The third-order valence-corrected chi connectivity index (χ3v) is 4.15. The summed E-state index contributed by atoms with van der Waals surface area (Å²) in [6.45, 7) is 19.0. The summed E-state index contributed by atoms with van der Waals surface area (Å²) in [5.74, 6) is 0.299. The highest BCUT2D eigenvalue weighted by molar-refractivity contribution is 5.96. The average Bonchev–Trinajstić information content (AvgIpc) is 2.73. The Hall–Kier alpha value is -1.59. The molecule has 0 aliphatic carbocycles. The van der Waals surface area contributed by atoms with Crippen LogP contribution in [0.2, 0.25) is 0 Å². The lowest BCUT2D eigenvalue weighted by atomic mass is 10.0. The van der Waals surface area contributed by atoms with Crippen LogP contribution in [0.4, 0.5) is 0 Å². The van der Waals surface area contributed by atoms with Gasteiger partial charge in [0.1, 0.15) is 0 Å². The number of unbranched alkanes of at least 4 members (excludes halogenated alkanes) is 7. The van der Waals surface area contributed by atoms with E-state index in [1.807, 2.05) is 26.0 Å². The largest absolute Gasteiger partial charge is 0.294 e. The summed E-state index contributed by atoms with van der Waals surface area (Å²) in [7, 11) is 0. The van der Waals surface area contributed by atoms with Crippen molar-refractivity contribution in [2.75, 3.05) is 0 Å². The van der Waals surface area contributed by atoms with E-state index in [9.17, 15) is 4.79 Å². The van der Waals surface area contributed by atoms with Crippen LogP contribution in [-0.2, 0) is 6.42 Å². The Morgan fingerprint density at radius 1 is 0.750 bits per heavy atom. The van der Waals surface area contributed by atoms with Crippen LogP contribution in [0, 0.1) is 0 Å². The fourth-order valence-electron chi connectivity index (χ4n) is 2.49. The van der Waals surface area contributed by atoms with Crippen molar-refractivity contribution in [3.8, 4) is 0 Å². The first kappa shape index (κ1) is 31.1. The van der Waals surface area contributed by atoms with Crippen LogP contribution in [0.5, 0.6) is 0 Å². The van der Waals surface area contributed by atoms with E-state index in [4.69, 9.17) is 0 Å². The van der Waals surface area contributed by atoms with Gasteiger partial charge in [0.2, 0.25) is 0 Å². The Kier molecular flexibility index (Phi) is 30.7. The van der Waals surface area contributed by atoms with E-state index in [1.165, 1.54) is 56.9 Å². The highest BCUT2D eigenvalue weighted by Gasteiger charge is 2.04. The van der Waals surface area contributed by atoms with Gasteiger partial charge in [0, 0.05) is 12.0 Å². The molecule has 0 aromatic heterocycles. The molecule has 0 unspecified atom stereocenters. The zero-order chi connectivity index (χ0) is 22.0. The number of carbonyl (C=O) groups is 1. The number of carbonyl (C=O) groups excluding carboxylic acids is 1. The van der Waals surface area contributed by atoms with Crippen molar-refractivity contribution in [3.63, 3.8) is 0 Å². The number of Topliss-reactive ketones (excluding diaryl/α,β-unsaturated/α-hetero) is 1. The van der Waals surface area contributed by atoms with E-state index >= 15 is 0 Å². The monoisotopic (exact) mass is 388 g/mol. The predicted molar refractivity (Wildman–Crippen MR) is 129 cm³/mol. The third-order valence-electron chi connectivity index (χ3n) is 4.15. The van der Waals surface area contributed by atoms with Crippen LogP contribution in [0.1, 0.15) is 122 Å². The molecule has 0 saturated carbocycles. The molecule has 0 N–H and O–H groups in total. The van der Waals surface area contributed by atoms with Crippen LogP contribution < -0.4 is 0 Å². The second kappa shape index (κ2) is 27.6. The first-order valence-corrected chi connectivity index (χ1v) is 11.5. The molecule has 0 aliphatic rings. The van der Waals surface area contributed by atoms with Crippen LogP contribution in [0.15, 0.2) is 43.2 Å². The molecule has 1 rings (SSSR count). The van der Waals surface area contributed by atoms with Gasteiger partial charge < -0.3 is 0 Å². The van der Waals surface area contributed by atoms with Crippen LogP contribution in [0.25, 0.3) is 0 Å². The molecule has 162 valence electrons. The number of rotatable bonds is 11. The summed E-state index contributed by atoms with van der Waals surface area (Å²) >= 11 is 0. The van der Waals surface area contributed by atoms with Crippen molar-refractivity contribution in [1.29, 1.82) is 0 Å². The van der Waals surface area contributed by atoms with E-state index in [2.05, 4.69) is 58.7 Å². The van der Waals surface area contributed by atoms with Crippen molar-refractivity contribution in [2.45, 2.75) is 112 Å². The van der Waals surface area contributed by atoms with E-state index < -0.39 is 0 Å². The van der Waals surface area contributed by atoms with Gasteiger partial charge in [-0.15, -0.1) is 5.73 Å². The number of hydrogen-bond acceptors (Lipinski definition) is 1. The van der Waals surface area contributed by atoms with Crippen molar-refractivity contribution in [2.24, 2.45) is 0 Å². The lowest BCUT2D eigenvalue weighted by Gasteiger charge is -2.03. The first-order chi connectivity index (χ1) is 13.6. The number of benzene rings is 1. The minimum atomic E-state index is 0.299. The normalized spacial score (nSPS) is 8.79. The van der Waals surface area contributed by atoms with Crippen molar-refractivity contribution < 1.29 is 4.79 Å². The Morgan fingerprint density at radius 2 is 1.18 bits per heavy atom. The van der Waals surface area contributed by atoms with Gasteiger partial charge in [-0.2, -0.15) is 0 Å². The molecule has 0 spiro atoms. The Balaban J connectivity index is -0.000000523. The second-order valence-electron chi connectivity index (χ2n) is 6.59. The Bertz CT molecular complexity index is 448. The number of aryl methyl sites for hydroxylation is 1. The third kappa shape index (κ3) is 22.5. The van der Waals surface area contributed by atoms with Crippen LogP contribution in [0.3, 0.4) is 0 Å². The molecular weight excluding hydrogens is 340 g/mol. The summed E-state index contributed by atoms with van der Waals surface area (Å²) in [6, 6.07) is 8.07. The maximum absolute atomic E-state index is 11.9.